The van der Waals surface area contributed by atoms with Crippen LogP contribution < -0.4 is 10.1 Å². The molecular formula is C31H33N2O12S4Si+. The first-order valence-corrected chi connectivity index (χ1v) is 23.4. The Kier molecular flexibility index (Phi) is 9.56. The quantitative estimate of drug-likeness (QED) is 0.139. The molecule has 5 rings (SSSR count). The van der Waals surface area contributed by atoms with Gasteiger partial charge in [0, 0.05) is 37.0 Å². The van der Waals surface area contributed by atoms with Gasteiger partial charge in [0.25, 0.3) is 40.5 Å². The van der Waals surface area contributed by atoms with Crippen LogP contribution in [0.1, 0.15) is 16.7 Å². The summed E-state index contributed by atoms with van der Waals surface area (Å²) in [4.78, 5) is -0.910. The van der Waals surface area contributed by atoms with Crippen molar-refractivity contribution in [2.45, 2.75) is 45.8 Å². The van der Waals surface area contributed by atoms with E-state index in [4.69, 9.17) is 0 Å². The van der Waals surface area contributed by atoms with E-state index in [1.807, 2.05) is 42.5 Å². The fourth-order valence-corrected chi connectivity index (χ4v) is 11.7. The standard InChI is InChI=1S/C31H32N2O12S4Si/c1-32(18-22-7-11-26(46(34,35)36)16-28(22)48(40,41)42)24-9-5-20-13-21-6-10-25(15-31(21)50(3,4)30(20)14-24)33(2)19-23-8-12-27(47(37,38)39)17-29(23)49(43,44)45/h5-17H,18-19H2,1-4H3,(H3-,34,35,36,37,38,39,40,41,42,43,44,45)/p+1. The molecule has 0 aromatic heterocycles. The highest BCUT2D eigenvalue weighted by atomic mass is 32.2. The number of rotatable bonds is 9. The van der Waals surface area contributed by atoms with Crippen LogP contribution in [0.25, 0.3) is 6.08 Å². The summed E-state index contributed by atoms with van der Waals surface area (Å²) in [6.07, 6.45) is 7.82. The van der Waals surface area contributed by atoms with Gasteiger partial charge < -0.3 is 4.90 Å². The Hall–Kier alpha value is -3.79. The van der Waals surface area contributed by atoms with E-state index in [9.17, 15) is 51.9 Å². The summed E-state index contributed by atoms with van der Waals surface area (Å²) in [5.74, 6) is 0. The van der Waals surface area contributed by atoms with Crippen molar-refractivity contribution in [3.63, 3.8) is 0 Å². The molecule has 1 heterocycles. The van der Waals surface area contributed by atoms with E-state index in [0.29, 0.717) is 23.5 Å². The third-order valence-corrected chi connectivity index (χ3v) is 15.8. The average molecular weight is 782 g/mol. The van der Waals surface area contributed by atoms with Gasteiger partial charge in [-0.1, -0.05) is 25.2 Å². The van der Waals surface area contributed by atoms with E-state index < -0.39 is 68.1 Å². The Bertz CT molecular complexity index is 2540. The van der Waals surface area contributed by atoms with Crippen LogP contribution in [0.5, 0.6) is 0 Å². The van der Waals surface area contributed by atoms with Crippen molar-refractivity contribution in [3.05, 3.63) is 100 Å². The van der Waals surface area contributed by atoms with E-state index in [1.165, 1.54) is 12.1 Å². The number of nitrogens with zero attached hydrogens (tertiary/aromatic N) is 2. The monoisotopic (exact) mass is 781 g/mol. The Morgan fingerprint density at radius 2 is 1.22 bits per heavy atom. The van der Waals surface area contributed by atoms with Crippen LogP contribution in [0.4, 0.5) is 5.69 Å². The Balaban J connectivity index is 1.49. The first-order chi connectivity index (χ1) is 22.9. The number of fused-ring (bicyclic) bond motifs is 2. The molecule has 3 aromatic rings. The Morgan fingerprint density at radius 3 is 1.76 bits per heavy atom. The van der Waals surface area contributed by atoms with Gasteiger partial charge in [-0.15, -0.1) is 0 Å². The van der Waals surface area contributed by atoms with Crippen LogP contribution in [-0.4, -0.2) is 84.3 Å². The third kappa shape index (κ3) is 7.60. The van der Waals surface area contributed by atoms with Gasteiger partial charge in [0.05, 0.1) is 9.79 Å². The molecular weight excluding hydrogens is 749 g/mol. The lowest BCUT2D eigenvalue weighted by Crippen LogP contribution is -2.48. The van der Waals surface area contributed by atoms with Gasteiger partial charge in [-0.25, -0.2) is 4.58 Å². The van der Waals surface area contributed by atoms with Crippen LogP contribution in [-0.2, 0) is 53.6 Å². The van der Waals surface area contributed by atoms with Crippen LogP contribution in [0.3, 0.4) is 0 Å². The minimum atomic E-state index is -4.84. The molecule has 266 valence electrons. The van der Waals surface area contributed by atoms with Crippen molar-refractivity contribution >= 4 is 71.2 Å². The van der Waals surface area contributed by atoms with Crippen molar-refractivity contribution in [1.29, 1.82) is 0 Å². The van der Waals surface area contributed by atoms with Gasteiger partial charge in [0.2, 0.25) is 0 Å². The lowest BCUT2D eigenvalue weighted by molar-refractivity contribution is -0.512. The largest absolute Gasteiger partial charge is 0.370 e. The average Bonchev–Trinajstić information content (AvgIpc) is 2.99. The topological polar surface area (TPSA) is 224 Å². The molecule has 0 saturated carbocycles. The number of hydrogen-bond acceptors (Lipinski definition) is 9. The van der Waals surface area contributed by atoms with E-state index in [1.54, 1.807) is 23.6 Å². The highest BCUT2D eigenvalue weighted by Crippen LogP contribution is 2.35. The van der Waals surface area contributed by atoms with Gasteiger partial charge in [0.1, 0.15) is 24.9 Å². The smallest absolute Gasteiger partial charge is 0.295 e. The molecule has 0 spiro atoms. The van der Waals surface area contributed by atoms with Crippen LogP contribution in [0.2, 0.25) is 13.1 Å². The maximum atomic E-state index is 12.1. The van der Waals surface area contributed by atoms with Crippen molar-refractivity contribution in [3.8, 4) is 0 Å². The minimum absolute atomic E-state index is 0.0341. The van der Waals surface area contributed by atoms with Crippen molar-refractivity contribution in [1.82, 2.24) is 0 Å². The second-order valence-electron chi connectivity index (χ2n) is 12.5. The van der Waals surface area contributed by atoms with E-state index in [-0.39, 0.29) is 24.2 Å². The normalized spacial score (nSPS) is 17.0. The molecule has 2 aliphatic rings. The zero-order chi connectivity index (χ0) is 37.2. The van der Waals surface area contributed by atoms with Gasteiger partial charge >= 0.3 is 0 Å². The van der Waals surface area contributed by atoms with Gasteiger partial charge in [-0.3, -0.25) is 18.2 Å². The maximum absolute atomic E-state index is 12.1. The molecule has 0 unspecified atom stereocenters. The summed E-state index contributed by atoms with van der Waals surface area (Å²) >= 11 is 0. The molecule has 0 amide bonds. The van der Waals surface area contributed by atoms with E-state index in [2.05, 4.69) is 13.1 Å². The highest BCUT2D eigenvalue weighted by Gasteiger charge is 2.37. The molecule has 19 heteroatoms. The summed E-state index contributed by atoms with van der Waals surface area (Å²) in [5, 5.41) is 2.11. The second-order valence-corrected chi connectivity index (χ2v) is 22.4. The predicted octanol–water partition coefficient (Wildman–Crippen LogP) is 2.94. The zero-order valence-corrected chi connectivity index (χ0v) is 31.3. The first kappa shape index (κ1) is 37.5. The summed E-state index contributed by atoms with van der Waals surface area (Å²) in [7, 11) is -18.2. The van der Waals surface area contributed by atoms with Crippen molar-refractivity contribution < 1.29 is 56.5 Å². The molecule has 0 saturated heterocycles. The number of allylic oxidation sites excluding steroid dienone is 5. The highest BCUT2D eigenvalue weighted by molar-refractivity contribution is 7.87. The molecule has 50 heavy (non-hydrogen) atoms. The molecule has 1 aliphatic carbocycles. The van der Waals surface area contributed by atoms with Crippen LogP contribution >= 0.6 is 0 Å². The number of benzene rings is 3. The predicted molar refractivity (Wildman–Crippen MR) is 188 cm³/mol. The van der Waals surface area contributed by atoms with Crippen molar-refractivity contribution in [2.24, 2.45) is 0 Å². The lowest BCUT2D eigenvalue weighted by atomic mass is 10.0. The first-order valence-electron chi connectivity index (χ1n) is 14.6. The molecule has 0 bridgehead atoms. The molecule has 14 nitrogen and oxygen atoms in total. The molecule has 3 aromatic carbocycles. The van der Waals surface area contributed by atoms with E-state index in [0.717, 1.165) is 33.7 Å². The van der Waals surface area contributed by atoms with Crippen molar-refractivity contribution in [2.75, 3.05) is 19.0 Å². The Labute approximate surface area is 291 Å². The Morgan fingerprint density at radius 1 is 0.680 bits per heavy atom. The molecule has 4 N–H and O–H groups in total. The fourth-order valence-electron chi connectivity index (χ4n) is 6.04. The number of anilines is 1. The third-order valence-electron chi connectivity index (χ3n) is 8.66. The summed E-state index contributed by atoms with van der Waals surface area (Å²) in [6.45, 7) is 4.24. The van der Waals surface area contributed by atoms with Gasteiger partial charge in [0.15, 0.2) is 12.3 Å². The van der Waals surface area contributed by atoms with E-state index >= 15 is 0 Å². The van der Waals surface area contributed by atoms with Gasteiger partial charge in [-0.05, 0) is 81.7 Å². The minimum Gasteiger partial charge on any atom is -0.370 e. The molecule has 0 atom stereocenters. The summed E-state index contributed by atoms with van der Waals surface area (Å²) in [6, 6.07) is 11.7. The summed E-state index contributed by atoms with van der Waals surface area (Å²) in [5.41, 5.74) is 3.60. The molecule has 0 radical (unpaired) electrons. The van der Waals surface area contributed by atoms with Gasteiger partial charge in [-0.2, -0.15) is 33.7 Å². The molecule has 1 aliphatic heterocycles. The SMILES string of the molecule is CN(Cc1ccc(S(=O)(=O)O)cc1S(=O)(=O)O)c1ccc2c(c1)[Si](C)(C)C1=C/C(=[N+](/C)Cc3ccc(S(=O)(=O)O)cc3S(=O)(=O)O)C=CC1=C2. The molecule has 0 fully saturated rings. The lowest BCUT2D eigenvalue weighted by Gasteiger charge is -2.35. The second kappa shape index (κ2) is 12.8. The summed E-state index contributed by atoms with van der Waals surface area (Å²) < 4.78 is 135. The maximum Gasteiger partial charge on any atom is 0.295 e. The fraction of sp³-hybridized carbons (Fsp3) is 0.194. The zero-order valence-electron chi connectivity index (χ0n) is 27.0. The van der Waals surface area contributed by atoms with Crippen LogP contribution in [0, 0.1) is 0 Å². The van der Waals surface area contributed by atoms with Crippen LogP contribution in [0.15, 0.2) is 103 Å². The number of hydrogen-bond donors (Lipinski definition) is 4.